The summed E-state index contributed by atoms with van der Waals surface area (Å²) in [7, 11) is -3.18. The van der Waals surface area contributed by atoms with E-state index < -0.39 is 9.84 Å². The van der Waals surface area contributed by atoms with Crippen LogP contribution in [0, 0.1) is 0 Å². The number of nitrogens with one attached hydrogen (secondary N) is 1. The molecule has 0 radical (unpaired) electrons. The highest BCUT2D eigenvalue weighted by molar-refractivity contribution is 7.90. The third-order valence-electron chi connectivity index (χ3n) is 3.10. The van der Waals surface area contributed by atoms with Gasteiger partial charge >= 0.3 is 0 Å². The lowest BCUT2D eigenvalue weighted by atomic mass is 10.2. The van der Waals surface area contributed by atoms with Crippen molar-refractivity contribution >= 4 is 48.5 Å². The summed E-state index contributed by atoms with van der Waals surface area (Å²) in [5, 5.41) is 3.18. The SMILES string of the molecule is CS(=O)(=O)c1ccc(Nc2ccc3scnc3c2N)cc1. The van der Waals surface area contributed by atoms with E-state index >= 15 is 0 Å². The molecular formula is C14H13N3O2S2. The number of nitrogen functional groups attached to an aromatic ring is 1. The van der Waals surface area contributed by atoms with E-state index in [4.69, 9.17) is 5.73 Å². The van der Waals surface area contributed by atoms with Gasteiger partial charge < -0.3 is 11.1 Å². The summed E-state index contributed by atoms with van der Waals surface area (Å²) in [6, 6.07) is 10.4. The summed E-state index contributed by atoms with van der Waals surface area (Å²) in [5.74, 6) is 0. The Kier molecular flexibility index (Phi) is 3.30. The van der Waals surface area contributed by atoms with Gasteiger partial charge in [-0.3, -0.25) is 0 Å². The number of anilines is 3. The second kappa shape index (κ2) is 5.01. The van der Waals surface area contributed by atoms with Crippen molar-refractivity contribution in [2.24, 2.45) is 0 Å². The maximum absolute atomic E-state index is 11.4. The van der Waals surface area contributed by atoms with Gasteiger partial charge in [-0.1, -0.05) is 0 Å². The minimum atomic E-state index is -3.18. The van der Waals surface area contributed by atoms with Gasteiger partial charge in [-0.05, 0) is 36.4 Å². The second-order valence-corrected chi connectivity index (χ2v) is 7.55. The lowest BCUT2D eigenvalue weighted by Crippen LogP contribution is -1.99. The smallest absolute Gasteiger partial charge is 0.175 e. The number of hydrogen-bond acceptors (Lipinski definition) is 6. The molecule has 7 heteroatoms. The Morgan fingerprint density at radius 2 is 1.86 bits per heavy atom. The molecule has 0 aliphatic rings. The average Bonchev–Trinajstić information content (AvgIpc) is 2.91. The quantitative estimate of drug-likeness (QED) is 0.725. The zero-order valence-corrected chi connectivity index (χ0v) is 12.8. The van der Waals surface area contributed by atoms with Crippen molar-refractivity contribution in [3.05, 3.63) is 41.9 Å². The van der Waals surface area contributed by atoms with Crippen LogP contribution in [0.15, 0.2) is 46.8 Å². The third-order valence-corrected chi connectivity index (χ3v) is 5.03. The van der Waals surface area contributed by atoms with Gasteiger partial charge in [-0.15, -0.1) is 11.3 Å². The molecule has 2 aromatic carbocycles. The number of benzene rings is 2. The number of nitrogens with zero attached hydrogens (tertiary/aromatic N) is 1. The first kappa shape index (κ1) is 13.8. The zero-order valence-electron chi connectivity index (χ0n) is 11.2. The summed E-state index contributed by atoms with van der Waals surface area (Å²) in [6.45, 7) is 0. The Morgan fingerprint density at radius 3 is 2.52 bits per heavy atom. The predicted octanol–water partition coefficient (Wildman–Crippen LogP) is 3.03. The molecule has 108 valence electrons. The molecule has 0 saturated carbocycles. The number of sulfone groups is 1. The molecule has 5 nitrogen and oxygen atoms in total. The van der Waals surface area contributed by atoms with Crippen LogP contribution in [0.2, 0.25) is 0 Å². The van der Waals surface area contributed by atoms with Gasteiger partial charge in [-0.25, -0.2) is 13.4 Å². The number of hydrogen-bond donors (Lipinski definition) is 2. The van der Waals surface area contributed by atoms with Crippen molar-refractivity contribution in [1.29, 1.82) is 0 Å². The van der Waals surface area contributed by atoms with Crippen LogP contribution >= 0.6 is 11.3 Å². The number of aromatic nitrogens is 1. The highest BCUT2D eigenvalue weighted by Gasteiger charge is 2.09. The van der Waals surface area contributed by atoms with Gasteiger partial charge in [0.15, 0.2) is 9.84 Å². The van der Waals surface area contributed by atoms with Crippen LogP contribution in [0.5, 0.6) is 0 Å². The highest BCUT2D eigenvalue weighted by Crippen LogP contribution is 2.32. The van der Waals surface area contributed by atoms with E-state index in [0.717, 1.165) is 21.6 Å². The van der Waals surface area contributed by atoms with Gasteiger partial charge in [0, 0.05) is 11.9 Å². The first-order chi connectivity index (χ1) is 9.95. The lowest BCUT2D eigenvalue weighted by Gasteiger charge is -2.10. The largest absolute Gasteiger partial charge is 0.395 e. The summed E-state index contributed by atoms with van der Waals surface area (Å²) < 4.78 is 23.9. The van der Waals surface area contributed by atoms with Gasteiger partial charge in [0.25, 0.3) is 0 Å². The van der Waals surface area contributed by atoms with Crippen LogP contribution < -0.4 is 11.1 Å². The van der Waals surface area contributed by atoms with Crippen molar-refractivity contribution in [1.82, 2.24) is 4.98 Å². The van der Waals surface area contributed by atoms with Crippen molar-refractivity contribution in [2.75, 3.05) is 17.3 Å². The highest BCUT2D eigenvalue weighted by atomic mass is 32.2. The fourth-order valence-corrected chi connectivity index (χ4v) is 3.33. The van der Waals surface area contributed by atoms with E-state index in [-0.39, 0.29) is 4.90 Å². The lowest BCUT2D eigenvalue weighted by molar-refractivity contribution is 0.602. The predicted molar refractivity (Wildman–Crippen MR) is 86.9 cm³/mol. The number of thiazole rings is 1. The van der Waals surface area contributed by atoms with E-state index in [1.807, 2.05) is 12.1 Å². The molecule has 0 aliphatic heterocycles. The van der Waals surface area contributed by atoms with Crippen LogP contribution in [0.4, 0.5) is 17.1 Å². The van der Waals surface area contributed by atoms with Gasteiger partial charge in [0.1, 0.15) is 5.52 Å². The normalized spacial score (nSPS) is 11.7. The molecule has 0 unspecified atom stereocenters. The molecule has 0 atom stereocenters. The molecule has 3 rings (SSSR count). The Labute approximate surface area is 126 Å². The minimum Gasteiger partial charge on any atom is -0.395 e. The van der Waals surface area contributed by atoms with E-state index in [1.54, 1.807) is 29.8 Å². The molecular weight excluding hydrogens is 306 g/mol. The number of rotatable bonds is 3. The Bertz CT molecular complexity index is 900. The maximum Gasteiger partial charge on any atom is 0.175 e. The molecule has 0 saturated heterocycles. The summed E-state index contributed by atoms with van der Waals surface area (Å²) in [4.78, 5) is 4.53. The molecule has 1 heterocycles. The van der Waals surface area contributed by atoms with Crippen LogP contribution in [0.3, 0.4) is 0 Å². The molecule has 0 bridgehead atoms. The standard InChI is InChI=1S/C14H13N3O2S2/c1-21(18,19)10-4-2-9(3-5-10)17-11-6-7-12-14(13(11)15)16-8-20-12/h2-8,17H,15H2,1H3. The molecule has 0 spiro atoms. The molecule has 1 aromatic heterocycles. The first-order valence-electron chi connectivity index (χ1n) is 6.14. The average molecular weight is 319 g/mol. The van der Waals surface area contributed by atoms with Gasteiger partial charge in [-0.2, -0.15) is 0 Å². The second-order valence-electron chi connectivity index (χ2n) is 4.65. The summed E-state index contributed by atoms with van der Waals surface area (Å²) in [5.41, 5.74) is 10.7. The molecule has 21 heavy (non-hydrogen) atoms. The Balaban J connectivity index is 1.93. The molecule has 0 aliphatic carbocycles. The summed E-state index contributed by atoms with van der Waals surface area (Å²) in [6.07, 6.45) is 1.18. The van der Waals surface area contributed by atoms with Crippen molar-refractivity contribution < 1.29 is 8.42 Å². The third kappa shape index (κ3) is 2.70. The Morgan fingerprint density at radius 1 is 1.14 bits per heavy atom. The first-order valence-corrected chi connectivity index (χ1v) is 8.91. The molecule has 0 amide bonds. The maximum atomic E-state index is 11.4. The van der Waals surface area contributed by atoms with Crippen molar-refractivity contribution in [3.8, 4) is 0 Å². The summed E-state index contributed by atoms with van der Waals surface area (Å²) >= 11 is 1.54. The van der Waals surface area contributed by atoms with Crippen LogP contribution in [0.1, 0.15) is 0 Å². The van der Waals surface area contributed by atoms with E-state index in [0.29, 0.717) is 5.69 Å². The fraction of sp³-hybridized carbons (Fsp3) is 0.0714. The monoisotopic (exact) mass is 319 g/mol. The molecule has 0 fully saturated rings. The fourth-order valence-electron chi connectivity index (χ4n) is 2.00. The van der Waals surface area contributed by atoms with Crippen LogP contribution in [-0.4, -0.2) is 19.7 Å². The Hall–Kier alpha value is -2.12. The zero-order chi connectivity index (χ0) is 15.0. The van der Waals surface area contributed by atoms with Gasteiger partial charge in [0.05, 0.1) is 26.5 Å². The van der Waals surface area contributed by atoms with E-state index in [9.17, 15) is 8.42 Å². The minimum absolute atomic E-state index is 0.288. The topological polar surface area (TPSA) is 85.1 Å². The molecule has 3 N–H and O–H groups in total. The number of fused-ring (bicyclic) bond motifs is 1. The van der Waals surface area contributed by atoms with Gasteiger partial charge in [0.2, 0.25) is 0 Å². The van der Waals surface area contributed by atoms with Crippen LogP contribution in [-0.2, 0) is 9.84 Å². The van der Waals surface area contributed by atoms with Crippen LogP contribution in [0.25, 0.3) is 10.2 Å². The molecule has 3 aromatic rings. The van der Waals surface area contributed by atoms with Crippen molar-refractivity contribution in [3.63, 3.8) is 0 Å². The van der Waals surface area contributed by atoms with Crippen molar-refractivity contribution in [2.45, 2.75) is 4.90 Å². The van der Waals surface area contributed by atoms with E-state index in [1.165, 1.54) is 17.6 Å². The van der Waals surface area contributed by atoms with E-state index in [2.05, 4.69) is 10.3 Å². The number of nitrogens with two attached hydrogens (primary N) is 1.